The highest BCUT2D eigenvalue weighted by Crippen LogP contribution is 2.35. The second-order valence-electron chi connectivity index (χ2n) is 4.25. The van der Waals surface area contributed by atoms with E-state index in [1.807, 2.05) is 0 Å². The van der Waals surface area contributed by atoms with Crippen molar-refractivity contribution in [3.63, 3.8) is 0 Å². The first-order valence-electron chi connectivity index (χ1n) is 5.63. The number of nitrogens with two attached hydrogens (primary N) is 1. The first-order chi connectivity index (χ1) is 9.27. The van der Waals surface area contributed by atoms with E-state index in [1.165, 1.54) is 12.3 Å². The van der Waals surface area contributed by atoms with Crippen molar-refractivity contribution in [3.05, 3.63) is 46.1 Å². The average Bonchev–Trinajstić information content (AvgIpc) is 2.33. The molecule has 7 heteroatoms. The summed E-state index contributed by atoms with van der Waals surface area (Å²) in [5, 5.41) is 2.87. The maximum absolute atomic E-state index is 12.7. The molecule has 106 valence electrons. The largest absolute Gasteiger partial charge is 0.416 e. The van der Waals surface area contributed by atoms with E-state index in [1.54, 1.807) is 13.0 Å². The molecule has 0 atom stereocenters. The van der Waals surface area contributed by atoms with Gasteiger partial charge in [0.25, 0.3) is 0 Å². The smallest absolute Gasteiger partial charge is 0.397 e. The molecule has 2 aromatic rings. The lowest BCUT2D eigenvalue weighted by atomic mass is 10.2. The Bertz CT molecular complexity index is 641. The summed E-state index contributed by atoms with van der Waals surface area (Å²) in [7, 11) is 0. The van der Waals surface area contributed by atoms with Gasteiger partial charge in [-0.25, -0.2) is 4.98 Å². The van der Waals surface area contributed by atoms with Crippen LogP contribution in [0.4, 0.5) is 30.4 Å². The number of nitrogen functional groups attached to an aromatic ring is 1. The van der Waals surface area contributed by atoms with Gasteiger partial charge in [-0.2, -0.15) is 13.2 Å². The van der Waals surface area contributed by atoms with Crippen molar-refractivity contribution in [2.75, 3.05) is 11.1 Å². The molecule has 0 radical (unpaired) electrons. The SMILES string of the molecule is Cc1cc(N)cnc1Nc1cc(C(F)(F)F)ccc1Br. The van der Waals surface area contributed by atoms with E-state index in [0.29, 0.717) is 21.7 Å². The molecular weight excluding hydrogens is 335 g/mol. The zero-order chi connectivity index (χ0) is 14.9. The van der Waals surface area contributed by atoms with Crippen molar-refractivity contribution < 1.29 is 13.2 Å². The van der Waals surface area contributed by atoms with Gasteiger partial charge in [-0.15, -0.1) is 0 Å². The number of aryl methyl sites for hydroxylation is 1. The third kappa shape index (κ3) is 3.22. The number of aromatic nitrogens is 1. The molecule has 0 unspecified atom stereocenters. The zero-order valence-corrected chi connectivity index (χ0v) is 12.0. The molecule has 0 spiro atoms. The molecule has 20 heavy (non-hydrogen) atoms. The Labute approximate surface area is 122 Å². The molecule has 1 aromatic heterocycles. The van der Waals surface area contributed by atoms with Crippen LogP contribution in [0.25, 0.3) is 0 Å². The molecule has 3 nitrogen and oxygen atoms in total. The molecule has 0 fully saturated rings. The van der Waals surface area contributed by atoms with Gasteiger partial charge in [-0.05, 0) is 52.7 Å². The van der Waals surface area contributed by atoms with Crippen molar-refractivity contribution in [3.8, 4) is 0 Å². The van der Waals surface area contributed by atoms with Gasteiger partial charge in [-0.3, -0.25) is 0 Å². The molecule has 1 heterocycles. The molecule has 0 saturated heterocycles. The molecule has 0 bridgehead atoms. The Morgan fingerprint density at radius 2 is 1.95 bits per heavy atom. The fourth-order valence-electron chi connectivity index (χ4n) is 1.65. The minimum atomic E-state index is -4.39. The lowest BCUT2D eigenvalue weighted by molar-refractivity contribution is -0.137. The monoisotopic (exact) mass is 345 g/mol. The summed E-state index contributed by atoms with van der Waals surface area (Å²) in [6.45, 7) is 1.77. The first-order valence-corrected chi connectivity index (χ1v) is 6.42. The number of benzene rings is 1. The Morgan fingerprint density at radius 1 is 1.25 bits per heavy atom. The summed E-state index contributed by atoms with van der Waals surface area (Å²) in [5.74, 6) is 0.458. The number of nitrogens with zero attached hydrogens (tertiary/aromatic N) is 1. The van der Waals surface area contributed by atoms with Gasteiger partial charge in [-0.1, -0.05) is 0 Å². The van der Waals surface area contributed by atoms with Crippen LogP contribution in [0.3, 0.4) is 0 Å². The summed E-state index contributed by atoms with van der Waals surface area (Å²) < 4.78 is 38.6. The number of pyridine rings is 1. The number of nitrogens with one attached hydrogen (secondary N) is 1. The Kier molecular flexibility index (Phi) is 3.89. The third-order valence-electron chi connectivity index (χ3n) is 2.65. The van der Waals surface area contributed by atoms with Gasteiger partial charge in [0.15, 0.2) is 0 Å². The second kappa shape index (κ2) is 5.32. The Hall–Kier alpha value is -1.76. The first kappa shape index (κ1) is 14.6. The maximum atomic E-state index is 12.7. The van der Waals surface area contributed by atoms with Gasteiger partial charge in [0.05, 0.1) is 23.1 Å². The number of hydrogen-bond acceptors (Lipinski definition) is 3. The van der Waals surface area contributed by atoms with E-state index in [2.05, 4.69) is 26.2 Å². The minimum Gasteiger partial charge on any atom is -0.397 e. The summed E-state index contributed by atoms with van der Waals surface area (Å²) >= 11 is 3.21. The quantitative estimate of drug-likeness (QED) is 0.842. The van der Waals surface area contributed by atoms with Gasteiger partial charge in [0, 0.05) is 4.47 Å². The fraction of sp³-hybridized carbons (Fsp3) is 0.154. The third-order valence-corrected chi connectivity index (χ3v) is 3.34. The topological polar surface area (TPSA) is 50.9 Å². The molecule has 3 N–H and O–H groups in total. The Balaban J connectivity index is 2.38. The Morgan fingerprint density at radius 3 is 2.55 bits per heavy atom. The fourth-order valence-corrected chi connectivity index (χ4v) is 2.00. The van der Waals surface area contributed by atoms with Crippen LogP contribution in [0.15, 0.2) is 34.9 Å². The van der Waals surface area contributed by atoms with Crippen molar-refractivity contribution in [1.29, 1.82) is 0 Å². The van der Waals surface area contributed by atoms with Gasteiger partial charge in [0.1, 0.15) is 5.82 Å². The summed E-state index contributed by atoms with van der Waals surface area (Å²) in [4.78, 5) is 4.07. The highest BCUT2D eigenvalue weighted by molar-refractivity contribution is 9.10. The highest BCUT2D eigenvalue weighted by atomic mass is 79.9. The zero-order valence-electron chi connectivity index (χ0n) is 10.4. The lowest BCUT2D eigenvalue weighted by Gasteiger charge is -2.13. The van der Waals surface area contributed by atoms with Crippen LogP contribution < -0.4 is 11.1 Å². The molecule has 1 aromatic carbocycles. The molecule has 2 rings (SSSR count). The van der Waals surface area contributed by atoms with Gasteiger partial charge < -0.3 is 11.1 Å². The van der Waals surface area contributed by atoms with E-state index in [9.17, 15) is 13.2 Å². The van der Waals surface area contributed by atoms with Crippen LogP contribution in [-0.4, -0.2) is 4.98 Å². The van der Waals surface area contributed by atoms with Crippen LogP contribution in [0.5, 0.6) is 0 Å². The van der Waals surface area contributed by atoms with Crippen LogP contribution in [-0.2, 0) is 6.18 Å². The van der Waals surface area contributed by atoms with Crippen molar-refractivity contribution in [1.82, 2.24) is 4.98 Å². The van der Waals surface area contributed by atoms with Crippen LogP contribution >= 0.6 is 15.9 Å². The number of anilines is 3. The number of halogens is 4. The van der Waals surface area contributed by atoms with Gasteiger partial charge in [0.2, 0.25) is 0 Å². The molecule has 0 amide bonds. The summed E-state index contributed by atoms with van der Waals surface area (Å²) in [5.41, 5.74) is 6.39. The molecular formula is C13H11BrF3N3. The predicted octanol–water partition coefficient (Wildman–Crippen LogP) is 4.50. The maximum Gasteiger partial charge on any atom is 0.416 e. The van der Waals surface area contributed by atoms with Crippen LogP contribution in [0.2, 0.25) is 0 Å². The highest BCUT2D eigenvalue weighted by Gasteiger charge is 2.30. The van der Waals surface area contributed by atoms with E-state index in [4.69, 9.17) is 5.73 Å². The summed E-state index contributed by atoms with van der Waals surface area (Å²) in [6, 6.07) is 5.08. The number of rotatable bonds is 2. The lowest BCUT2D eigenvalue weighted by Crippen LogP contribution is -2.06. The van der Waals surface area contributed by atoms with Crippen molar-refractivity contribution >= 4 is 33.1 Å². The molecule has 0 aliphatic rings. The molecule has 0 saturated carbocycles. The van der Waals surface area contributed by atoms with Crippen molar-refractivity contribution in [2.45, 2.75) is 13.1 Å². The van der Waals surface area contributed by atoms with E-state index < -0.39 is 11.7 Å². The normalized spacial score (nSPS) is 11.4. The average molecular weight is 346 g/mol. The summed E-state index contributed by atoms with van der Waals surface area (Å²) in [6.07, 6.45) is -2.95. The molecule has 0 aliphatic carbocycles. The molecule has 0 aliphatic heterocycles. The van der Waals surface area contributed by atoms with Crippen LogP contribution in [0.1, 0.15) is 11.1 Å². The number of hydrogen-bond donors (Lipinski definition) is 2. The second-order valence-corrected chi connectivity index (χ2v) is 5.11. The van der Waals surface area contributed by atoms with Gasteiger partial charge >= 0.3 is 6.18 Å². The van der Waals surface area contributed by atoms with Crippen LogP contribution in [0, 0.1) is 6.92 Å². The predicted molar refractivity (Wildman–Crippen MR) is 75.8 cm³/mol. The van der Waals surface area contributed by atoms with E-state index in [-0.39, 0.29) is 0 Å². The van der Waals surface area contributed by atoms with E-state index in [0.717, 1.165) is 17.7 Å². The van der Waals surface area contributed by atoms with Crippen molar-refractivity contribution in [2.24, 2.45) is 0 Å². The number of alkyl halides is 3. The minimum absolute atomic E-state index is 0.292. The van der Waals surface area contributed by atoms with E-state index >= 15 is 0 Å². The standard InChI is InChI=1S/C13H11BrF3N3/c1-7-4-9(18)6-19-12(7)20-11-5-8(13(15,16)17)2-3-10(11)14/h2-6H,18H2,1H3,(H,19,20).